The maximum atomic E-state index is 12.4. The zero-order valence-corrected chi connectivity index (χ0v) is 14.6. The molecule has 2 aromatic rings. The van der Waals surface area contributed by atoms with Crippen molar-refractivity contribution in [2.75, 3.05) is 7.05 Å². The van der Waals surface area contributed by atoms with Gasteiger partial charge in [0.05, 0.1) is 15.1 Å². The van der Waals surface area contributed by atoms with E-state index in [4.69, 9.17) is 0 Å². The quantitative estimate of drug-likeness (QED) is 0.776. The van der Waals surface area contributed by atoms with Crippen LogP contribution in [0.3, 0.4) is 0 Å². The first-order valence-electron chi connectivity index (χ1n) is 6.84. The van der Waals surface area contributed by atoms with Gasteiger partial charge in [-0.25, -0.2) is 4.99 Å². The average molecular weight is 389 g/mol. The molecule has 0 unspecified atom stereocenters. The summed E-state index contributed by atoms with van der Waals surface area (Å²) < 4.78 is 0.592. The van der Waals surface area contributed by atoms with Crippen LogP contribution in [0.15, 0.2) is 62.9 Å². The number of phenols is 1. The number of aromatic hydroxyl groups is 1. The van der Waals surface area contributed by atoms with Gasteiger partial charge in [0.1, 0.15) is 5.75 Å². The largest absolute Gasteiger partial charge is 0.507 e. The SMILES string of the molecule is CN1C(=O)/C(=C\c2ccc(O)c(Br)c2)SC1=Nc1ccccc1. The maximum absolute atomic E-state index is 12.4. The number of amides is 1. The zero-order chi connectivity index (χ0) is 16.4. The molecule has 6 heteroatoms. The number of carbonyl (C=O) groups excluding carboxylic acids is 1. The molecule has 1 aliphatic rings. The van der Waals surface area contributed by atoms with Gasteiger partial charge in [-0.1, -0.05) is 24.3 Å². The van der Waals surface area contributed by atoms with Gasteiger partial charge in [-0.05, 0) is 63.6 Å². The Morgan fingerprint density at radius 2 is 1.96 bits per heavy atom. The Labute approximate surface area is 146 Å². The molecule has 0 aromatic heterocycles. The number of hydrogen-bond donors (Lipinski definition) is 1. The molecule has 0 spiro atoms. The summed E-state index contributed by atoms with van der Waals surface area (Å²) in [7, 11) is 1.71. The Bertz CT molecular complexity index is 819. The van der Waals surface area contributed by atoms with Crippen LogP contribution in [-0.4, -0.2) is 28.1 Å². The molecule has 2 aromatic carbocycles. The van der Waals surface area contributed by atoms with E-state index in [0.29, 0.717) is 14.5 Å². The number of aliphatic imine (C=N–C) groups is 1. The molecule has 1 fully saturated rings. The fourth-order valence-electron chi connectivity index (χ4n) is 2.03. The summed E-state index contributed by atoms with van der Waals surface area (Å²) in [5.74, 6) is 0.0786. The lowest BCUT2D eigenvalue weighted by Crippen LogP contribution is -2.23. The highest BCUT2D eigenvalue weighted by Gasteiger charge is 2.30. The van der Waals surface area contributed by atoms with E-state index in [2.05, 4.69) is 20.9 Å². The van der Waals surface area contributed by atoms with E-state index in [1.165, 1.54) is 11.8 Å². The van der Waals surface area contributed by atoms with E-state index in [-0.39, 0.29) is 11.7 Å². The Kier molecular flexibility index (Phi) is 4.54. The van der Waals surface area contributed by atoms with Gasteiger partial charge in [0.25, 0.3) is 5.91 Å². The highest BCUT2D eigenvalue weighted by Crippen LogP contribution is 2.34. The number of likely N-dealkylation sites (N-methyl/N-ethyl adjacent to an activating group) is 1. The number of rotatable bonds is 2. The summed E-state index contributed by atoms with van der Waals surface area (Å²) in [6, 6.07) is 14.6. The van der Waals surface area contributed by atoms with Gasteiger partial charge in [0, 0.05) is 7.05 Å². The van der Waals surface area contributed by atoms with Crippen LogP contribution in [-0.2, 0) is 4.79 Å². The Morgan fingerprint density at radius 1 is 1.22 bits per heavy atom. The van der Waals surface area contributed by atoms with Crippen LogP contribution >= 0.6 is 27.7 Å². The molecule has 116 valence electrons. The summed E-state index contributed by atoms with van der Waals surface area (Å²) >= 11 is 4.61. The van der Waals surface area contributed by atoms with Crippen LogP contribution in [0.2, 0.25) is 0 Å². The molecular formula is C17H13BrN2O2S. The molecule has 1 saturated heterocycles. The Hall–Kier alpha value is -2.05. The van der Waals surface area contributed by atoms with E-state index in [9.17, 15) is 9.90 Å². The predicted octanol–water partition coefficient (Wildman–Crippen LogP) is 4.39. The number of hydrogen-bond acceptors (Lipinski definition) is 4. The number of carbonyl (C=O) groups is 1. The summed E-state index contributed by atoms with van der Waals surface area (Å²) in [4.78, 5) is 19.0. The van der Waals surface area contributed by atoms with Gasteiger partial charge >= 0.3 is 0 Å². The first-order chi connectivity index (χ1) is 11.0. The average Bonchev–Trinajstić information content (AvgIpc) is 2.80. The van der Waals surface area contributed by atoms with Crippen molar-refractivity contribution in [1.82, 2.24) is 4.90 Å². The van der Waals surface area contributed by atoms with Crippen LogP contribution in [0.25, 0.3) is 6.08 Å². The van der Waals surface area contributed by atoms with Crippen molar-refractivity contribution in [2.45, 2.75) is 0 Å². The second-order valence-corrected chi connectivity index (χ2v) is 6.78. The monoisotopic (exact) mass is 388 g/mol. The van der Waals surface area contributed by atoms with E-state index in [1.807, 2.05) is 30.3 Å². The highest BCUT2D eigenvalue weighted by atomic mass is 79.9. The predicted molar refractivity (Wildman–Crippen MR) is 97.7 cm³/mol. The standard InChI is InChI=1S/C17H13BrN2O2S/c1-20-16(22)15(10-11-7-8-14(21)13(18)9-11)23-17(20)19-12-5-3-2-4-6-12/h2-10,21H,1H3/b15-10+,19-17?. The zero-order valence-electron chi connectivity index (χ0n) is 12.2. The van der Waals surface area contributed by atoms with Gasteiger partial charge in [0.15, 0.2) is 5.17 Å². The molecule has 4 nitrogen and oxygen atoms in total. The fourth-order valence-corrected chi connectivity index (χ4v) is 3.41. The molecular weight excluding hydrogens is 376 g/mol. The number of nitrogens with zero attached hydrogens (tertiary/aromatic N) is 2. The summed E-state index contributed by atoms with van der Waals surface area (Å²) in [6.07, 6.45) is 1.79. The highest BCUT2D eigenvalue weighted by molar-refractivity contribution is 9.10. The van der Waals surface area contributed by atoms with Crippen molar-refractivity contribution < 1.29 is 9.90 Å². The molecule has 0 saturated carbocycles. The fraction of sp³-hybridized carbons (Fsp3) is 0.0588. The number of benzene rings is 2. The minimum atomic E-state index is -0.0890. The number of amidine groups is 1. The molecule has 3 rings (SSSR count). The van der Waals surface area contributed by atoms with Gasteiger partial charge in [0.2, 0.25) is 0 Å². The topological polar surface area (TPSA) is 52.9 Å². The van der Waals surface area contributed by atoms with Crippen molar-refractivity contribution in [2.24, 2.45) is 4.99 Å². The van der Waals surface area contributed by atoms with Crippen molar-refractivity contribution in [1.29, 1.82) is 0 Å². The molecule has 0 radical (unpaired) electrons. The van der Waals surface area contributed by atoms with E-state index >= 15 is 0 Å². The number of thioether (sulfide) groups is 1. The van der Waals surface area contributed by atoms with Crippen LogP contribution in [0.5, 0.6) is 5.75 Å². The smallest absolute Gasteiger partial charge is 0.266 e. The lowest BCUT2D eigenvalue weighted by atomic mass is 10.2. The molecule has 0 atom stereocenters. The second kappa shape index (κ2) is 6.60. The second-order valence-electron chi connectivity index (χ2n) is 4.92. The molecule has 0 bridgehead atoms. The lowest BCUT2D eigenvalue weighted by Gasteiger charge is -2.06. The van der Waals surface area contributed by atoms with Gasteiger partial charge in [-0.15, -0.1) is 0 Å². The maximum Gasteiger partial charge on any atom is 0.266 e. The van der Waals surface area contributed by atoms with E-state index in [0.717, 1.165) is 11.3 Å². The molecule has 0 aliphatic carbocycles. The summed E-state index contributed by atoms with van der Waals surface area (Å²) in [5, 5.41) is 10.2. The number of halogens is 1. The third-order valence-electron chi connectivity index (χ3n) is 3.25. The van der Waals surface area contributed by atoms with Gasteiger partial charge in [-0.3, -0.25) is 9.69 Å². The summed E-state index contributed by atoms with van der Waals surface area (Å²) in [6.45, 7) is 0. The van der Waals surface area contributed by atoms with Crippen LogP contribution < -0.4 is 0 Å². The normalized spacial score (nSPS) is 18.2. The van der Waals surface area contributed by atoms with E-state index < -0.39 is 0 Å². The van der Waals surface area contributed by atoms with E-state index in [1.54, 1.807) is 36.2 Å². The van der Waals surface area contributed by atoms with Gasteiger partial charge < -0.3 is 5.11 Å². The third-order valence-corrected chi connectivity index (χ3v) is 4.95. The molecule has 23 heavy (non-hydrogen) atoms. The van der Waals surface area contributed by atoms with Crippen molar-refractivity contribution >= 4 is 50.5 Å². The van der Waals surface area contributed by atoms with Crippen molar-refractivity contribution in [3.8, 4) is 5.75 Å². The molecule has 1 N–H and O–H groups in total. The molecule has 1 amide bonds. The number of para-hydroxylation sites is 1. The third kappa shape index (κ3) is 3.48. The Balaban J connectivity index is 1.90. The van der Waals surface area contributed by atoms with Crippen molar-refractivity contribution in [3.63, 3.8) is 0 Å². The first-order valence-corrected chi connectivity index (χ1v) is 8.45. The molecule has 1 heterocycles. The molecule has 1 aliphatic heterocycles. The number of phenolic OH excluding ortho intramolecular Hbond substituents is 1. The van der Waals surface area contributed by atoms with Crippen LogP contribution in [0.1, 0.15) is 5.56 Å². The minimum Gasteiger partial charge on any atom is -0.507 e. The van der Waals surface area contributed by atoms with Crippen molar-refractivity contribution in [3.05, 3.63) is 63.5 Å². The lowest BCUT2D eigenvalue weighted by molar-refractivity contribution is -0.121. The summed E-state index contributed by atoms with van der Waals surface area (Å²) in [5.41, 5.74) is 1.64. The van der Waals surface area contributed by atoms with Crippen LogP contribution in [0.4, 0.5) is 5.69 Å². The van der Waals surface area contributed by atoms with Gasteiger partial charge in [-0.2, -0.15) is 0 Å². The first kappa shape index (κ1) is 15.8. The Morgan fingerprint density at radius 3 is 2.65 bits per heavy atom. The minimum absolute atomic E-state index is 0.0890. The van der Waals surface area contributed by atoms with Crippen LogP contribution in [0, 0.1) is 0 Å².